The van der Waals surface area contributed by atoms with Gasteiger partial charge in [-0.1, -0.05) is 32.1 Å². The standard InChI is InChI=1S/C28H39N3O3/c1-21(2)17-23-13-12-22(18-26(23)33-6)9-7-11-25(29-19-24-10-8-14-30(24)5)27(32)31-15-16-34-20-28(31,3)4/h8,10-14,18-19,21H,7,9,15-17,20H2,1-6H3/b25-11+,29-19?. The van der Waals surface area contributed by atoms with Crippen molar-refractivity contribution in [1.82, 2.24) is 9.47 Å². The number of morpholine rings is 1. The highest BCUT2D eigenvalue weighted by Gasteiger charge is 2.35. The van der Waals surface area contributed by atoms with Gasteiger partial charge in [-0.2, -0.15) is 0 Å². The molecule has 2 heterocycles. The van der Waals surface area contributed by atoms with Crippen molar-refractivity contribution in [2.24, 2.45) is 18.0 Å². The zero-order valence-corrected chi connectivity index (χ0v) is 21.5. The Kier molecular flexibility index (Phi) is 8.72. The van der Waals surface area contributed by atoms with E-state index in [4.69, 9.17) is 9.47 Å². The quantitative estimate of drug-likeness (QED) is 0.395. The number of carbonyl (C=O) groups excluding carboxylic acids is 1. The monoisotopic (exact) mass is 465 g/mol. The minimum absolute atomic E-state index is 0.0522. The third-order valence-electron chi connectivity index (χ3n) is 6.18. The van der Waals surface area contributed by atoms with Gasteiger partial charge in [0.1, 0.15) is 11.4 Å². The van der Waals surface area contributed by atoms with Gasteiger partial charge in [-0.05, 0) is 68.4 Å². The second-order valence-corrected chi connectivity index (χ2v) is 10.00. The zero-order valence-electron chi connectivity index (χ0n) is 21.5. The van der Waals surface area contributed by atoms with Gasteiger partial charge in [0.15, 0.2) is 0 Å². The molecule has 1 fully saturated rings. The molecule has 6 nitrogen and oxygen atoms in total. The predicted octanol–water partition coefficient (Wildman–Crippen LogP) is 4.81. The van der Waals surface area contributed by atoms with Crippen LogP contribution in [0.25, 0.3) is 0 Å². The van der Waals surface area contributed by atoms with Crippen molar-refractivity contribution in [1.29, 1.82) is 0 Å². The third-order valence-corrected chi connectivity index (χ3v) is 6.18. The molecule has 0 unspecified atom stereocenters. The van der Waals surface area contributed by atoms with E-state index >= 15 is 0 Å². The lowest BCUT2D eigenvalue weighted by Gasteiger charge is -2.42. The third kappa shape index (κ3) is 6.60. The van der Waals surface area contributed by atoms with E-state index in [1.807, 2.05) is 54.8 Å². The molecule has 6 heteroatoms. The van der Waals surface area contributed by atoms with Crippen molar-refractivity contribution in [3.8, 4) is 5.75 Å². The van der Waals surface area contributed by atoms with Crippen LogP contribution in [0, 0.1) is 5.92 Å². The molecule has 0 atom stereocenters. The van der Waals surface area contributed by atoms with Crippen LogP contribution in [0.15, 0.2) is 53.3 Å². The first-order chi connectivity index (χ1) is 16.2. The molecule has 0 spiro atoms. The maximum Gasteiger partial charge on any atom is 0.272 e. The summed E-state index contributed by atoms with van der Waals surface area (Å²) in [5, 5.41) is 0. The molecule has 1 aliphatic heterocycles. The lowest BCUT2D eigenvalue weighted by Crippen LogP contribution is -2.55. The predicted molar refractivity (Wildman–Crippen MR) is 138 cm³/mol. The molecule has 3 rings (SSSR count). The van der Waals surface area contributed by atoms with Gasteiger partial charge < -0.3 is 18.9 Å². The molecule has 1 aromatic carbocycles. The summed E-state index contributed by atoms with van der Waals surface area (Å²) in [5.74, 6) is 1.45. The first kappa shape index (κ1) is 25.8. The van der Waals surface area contributed by atoms with E-state index in [-0.39, 0.29) is 11.4 Å². The molecule has 0 bridgehead atoms. The van der Waals surface area contributed by atoms with Gasteiger partial charge >= 0.3 is 0 Å². The van der Waals surface area contributed by atoms with Gasteiger partial charge in [-0.25, -0.2) is 4.99 Å². The maximum atomic E-state index is 13.5. The Morgan fingerprint density at radius 3 is 2.74 bits per heavy atom. The molecule has 1 aromatic heterocycles. The number of hydrogen-bond donors (Lipinski definition) is 0. The Labute approximate surface area is 204 Å². The fraction of sp³-hybridized carbons (Fsp3) is 0.500. The molecule has 1 aliphatic rings. The van der Waals surface area contributed by atoms with Gasteiger partial charge in [0.25, 0.3) is 5.91 Å². The number of aryl methyl sites for hydroxylation is 2. The highest BCUT2D eigenvalue weighted by molar-refractivity contribution is 5.96. The minimum Gasteiger partial charge on any atom is -0.496 e. The molecule has 34 heavy (non-hydrogen) atoms. The average Bonchev–Trinajstić information content (AvgIpc) is 3.20. The van der Waals surface area contributed by atoms with Crippen LogP contribution in [0.2, 0.25) is 0 Å². The van der Waals surface area contributed by atoms with Crippen LogP contribution in [-0.4, -0.2) is 54.0 Å². The fourth-order valence-corrected chi connectivity index (χ4v) is 4.24. The summed E-state index contributed by atoms with van der Waals surface area (Å²) in [6.45, 7) is 10.1. The van der Waals surface area contributed by atoms with Gasteiger partial charge in [-0.15, -0.1) is 0 Å². The number of hydrogen-bond acceptors (Lipinski definition) is 4. The number of carbonyl (C=O) groups is 1. The fourth-order valence-electron chi connectivity index (χ4n) is 4.24. The lowest BCUT2D eigenvalue weighted by molar-refractivity contribution is -0.142. The van der Waals surface area contributed by atoms with E-state index in [0.717, 1.165) is 24.3 Å². The summed E-state index contributed by atoms with van der Waals surface area (Å²) in [6, 6.07) is 10.4. The van der Waals surface area contributed by atoms with Crippen molar-refractivity contribution in [2.75, 3.05) is 26.9 Å². The molecule has 184 valence electrons. The molecule has 1 saturated heterocycles. The van der Waals surface area contributed by atoms with Crippen LogP contribution in [-0.2, 0) is 29.4 Å². The topological polar surface area (TPSA) is 56.1 Å². The molecule has 0 radical (unpaired) electrons. The van der Waals surface area contributed by atoms with E-state index in [1.165, 1.54) is 11.1 Å². The van der Waals surface area contributed by atoms with Crippen LogP contribution in [0.5, 0.6) is 5.75 Å². The number of aliphatic imine (C=N–C) groups is 1. The van der Waals surface area contributed by atoms with E-state index < -0.39 is 0 Å². The Morgan fingerprint density at radius 1 is 1.29 bits per heavy atom. The SMILES string of the molecule is COc1cc(CC/C=C(/N=Cc2cccn2C)C(=O)N2CCOCC2(C)C)ccc1CC(C)C. The van der Waals surface area contributed by atoms with Crippen LogP contribution >= 0.6 is 0 Å². The molecule has 0 N–H and O–H groups in total. The number of methoxy groups -OCH3 is 1. The Bertz CT molecular complexity index is 1030. The largest absolute Gasteiger partial charge is 0.496 e. The van der Waals surface area contributed by atoms with E-state index in [0.29, 0.717) is 37.8 Å². The highest BCUT2D eigenvalue weighted by atomic mass is 16.5. The van der Waals surface area contributed by atoms with E-state index in [2.05, 4.69) is 37.0 Å². The number of amides is 1. The van der Waals surface area contributed by atoms with Crippen molar-refractivity contribution in [3.05, 3.63) is 65.1 Å². The van der Waals surface area contributed by atoms with Crippen LogP contribution in [0.3, 0.4) is 0 Å². The molecular formula is C28H39N3O3. The summed E-state index contributed by atoms with van der Waals surface area (Å²) >= 11 is 0. The maximum absolute atomic E-state index is 13.5. The van der Waals surface area contributed by atoms with Crippen LogP contribution in [0.1, 0.15) is 50.9 Å². The van der Waals surface area contributed by atoms with Crippen molar-refractivity contribution in [3.63, 3.8) is 0 Å². The van der Waals surface area contributed by atoms with Gasteiger partial charge in [0.2, 0.25) is 0 Å². The van der Waals surface area contributed by atoms with Gasteiger partial charge in [-0.3, -0.25) is 4.79 Å². The Hall–Kier alpha value is -2.86. The normalized spacial score (nSPS) is 16.4. The van der Waals surface area contributed by atoms with Crippen molar-refractivity contribution < 1.29 is 14.3 Å². The molecule has 2 aromatic rings. The summed E-state index contributed by atoms with van der Waals surface area (Å²) in [6.07, 6.45) is 8.20. The van der Waals surface area contributed by atoms with E-state index in [1.54, 1.807) is 13.3 Å². The van der Waals surface area contributed by atoms with Crippen LogP contribution < -0.4 is 4.74 Å². The first-order valence-electron chi connectivity index (χ1n) is 12.1. The number of nitrogens with zero attached hydrogens (tertiary/aromatic N) is 3. The van der Waals surface area contributed by atoms with E-state index in [9.17, 15) is 4.79 Å². The zero-order chi connectivity index (χ0) is 24.7. The Balaban J connectivity index is 1.80. The first-order valence-corrected chi connectivity index (χ1v) is 12.1. The summed E-state index contributed by atoms with van der Waals surface area (Å²) in [5.41, 5.74) is 3.47. The second-order valence-electron chi connectivity index (χ2n) is 10.00. The average molecular weight is 466 g/mol. The van der Waals surface area contributed by atoms with Gasteiger partial charge in [0, 0.05) is 19.8 Å². The summed E-state index contributed by atoms with van der Waals surface area (Å²) < 4.78 is 13.2. The lowest BCUT2D eigenvalue weighted by atomic mass is 9.99. The molecule has 1 amide bonds. The molecule has 0 saturated carbocycles. The summed E-state index contributed by atoms with van der Waals surface area (Å²) in [7, 11) is 3.69. The Morgan fingerprint density at radius 2 is 2.09 bits per heavy atom. The second kappa shape index (κ2) is 11.5. The van der Waals surface area contributed by atoms with Crippen molar-refractivity contribution in [2.45, 2.75) is 52.5 Å². The minimum atomic E-state index is -0.367. The number of allylic oxidation sites excluding steroid dienone is 1. The highest BCUT2D eigenvalue weighted by Crippen LogP contribution is 2.25. The van der Waals surface area contributed by atoms with Gasteiger partial charge in [0.05, 0.1) is 37.8 Å². The molecular weight excluding hydrogens is 426 g/mol. The number of rotatable bonds is 9. The number of benzene rings is 1. The van der Waals surface area contributed by atoms with Crippen molar-refractivity contribution >= 4 is 12.1 Å². The summed E-state index contributed by atoms with van der Waals surface area (Å²) in [4.78, 5) is 20.0. The number of ether oxygens (including phenoxy) is 2. The smallest absolute Gasteiger partial charge is 0.272 e. The molecule has 0 aliphatic carbocycles. The number of aromatic nitrogens is 1. The van der Waals surface area contributed by atoms with Crippen LogP contribution in [0.4, 0.5) is 0 Å².